The minimum Gasteiger partial charge on any atom is -0.465 e. The molecule has 0 spiro atoms. The first-order chi connectivity index (χ1) is 10.7. The van der Waals surface area contributed by atoms with Crippen LogP contribution in [-0.4, -0.2) is 26.5 Å². The van der Waals surface area contributed by atoms with Gasteiger partial charge in [-0.05, 0) is 26.0 Å². The van der Waals surface area contributed by atoms with E-state index in [1.807, 2.05) is 6.92 Å². The molecule has 2 aromatic rings. The van der Waals surface area contributed by atoms with E-state index in [1.165, 1.54) is 25.1 Å². The van der Waals surface area contributed by atoms with Crippen LogP contribution in [0.2, 0.25) is 0 Å². The van der Waals surface area contributed by atoms with Crippen molar-refractivity contribution in [2.45, 2.75) is 18.7 Å². The topological polar surface area (TPSA) is 103 Å². The number of hydrogen-bond acceptors (Lipinski definition) is 6. The SMILES string of the molecule is COC(=O)c1c(OS(=O)(=O)c2ccc(C)cc2)cc(C)[nH]c1=O. The fourth-order valence-corrected chi connectivity index (χ4v) is 2.82. The van der Waals surface area contributed by atoms with Gasteiger partial charge in [0.15, 0.2) is 11.3 Å². The summed E-state index contributed by atoms with van der Waals surface area (Å²) < 4.78 is 34.1. The molecule has 0 aliphatic rings. The van der Waals surface area contributed by atoms with Crippen LogP contribution in [-0.2, 0) is 14.9 Å². The maximum Gasteiger partial charge on any atom is 0.347 e. The fraction of sp³-hybridized carbons (Fsp3) is 0.200. The molecule has 1 N–H and O–H groups in total. The van der Waals surface area contributed by atoms with E-state index < -0.39 is 27.2 Å². The summed E-state index contributed by atoms with van der Waals surface area (Å²) in [5, 5.41) is 0. The van der Waals surface area contributed by atoms with Gasteiger partial charge in [0.25, 0.3) is 5.56 Å². The van der Waals surface area contributed by atoms with Crippen LogP contribution < -0.4 is 9.74 Å². The van der Waals surface area contributed by atoms with Crippen molar-refractivity contribution in [3.8, 4) is 5.75 Å². The fourth-order valence-electron chi connectivity index (χ4n) is 1.89. The maximum atomic E-state index is 12.3. The predicted octanol–water partition coefficient (Wildman–Crippen LogP) is 1.55. The molecule has 1 aromatic heterocycles. The second-order valence-corrected chi connectivity index (χ2v) is 6.41. The zero-order valence-electron chi connectivity index (χ0n) is 12.7. The minimum atomic E-state index is -4.19. The van der Waals surface area contributed by atoms with Crippen molar-refractivity contribution in [1.29, 1.82) is 0 Å². The average Bonchev–Trinajstić information content (AvgIpc) is 2.46. The van der Waals surface area contributed by atoms with Crippen molar-refractivity contribution in [2.24, 2.45) is 0 Å². The Hall–Kier alpha value is -2.61. The molecule has 23 heavy (non-hydrogen) atoms. The monoisotopic (exact) mass is 337 g/mol. The van der Waals surface area contributed by atoms with Crippen LogP contribution in [0.3, 0.4) is 0 Å². The molecule has 0 bridgehead atoms. The number of aryl methyl sites for hydroxylation is 2. The summed E-state index contributed by atoms with van der Waals surface area (Å²) in [7, 11) is -3.11. The van der Waals surface area contributed by atoms with Crippen LogP contribution in [0.25, 0.3) is 0 Å². The summed E-state index contributed by atoms with van der Waals surface area (Å²) >= 11 is 0. The molecule has 7 nitrogen and oxygen atoms in total. The Bertz CT molecular complexity index is 897. The number of methoxy groups -OCH3 is 1. The molecule has 1 aromatic carbocycles. The number of aromatic amines is 1. The van der Waals surface area contributed by atoms with Crippen LogP contribution in [0, 0.1) is 13.8 Å². The second-order valence-electron chi connectivity index (χ2n) is 4.86. The maximum absolute atomic E-state index is 12.3. The van der Waals surface area contributed by atoms with E-state index in [4.69, 9.17) is 4.18 Å². The first kappa shape index (κ1) is 16.8. The normalized spacial score (nSPS) is 11.1. The van der Waals surface area contributed by atoms with E-state index in [1.54, 1.807) is 12.1 Å². The molecule has 2 rings (SSSR count). The van der Waals surface area contributed by atoms with E-state index >= 15 is 0 Å². The first-order valence-corrected chi connectivity index (χ1v) is 7.99. The smallest absolute Gasteiger partial charge is 0.347 e. The van der Waals surface area contributed by atoms with Crippen molar-refractivity contribution >= 4 is 16.1 Å². The van der Waals surface area contributed by atoms with Gasteiger partial charge in [0, 0.05) is 11.8 Å². The van der Waals surface area contributed by atoms with Crippen LogP contribution in [0.15, 0.2) is 40.0 Å². The summed E-state index contributed by atoms with van der Waals surface area (Å²) in [6.07, 6.45) is 0. The third-order valence-corrected chi connectivity index (χ3v) is 4.28. The van der Waals surface area contributed by atoms with E-state index in [0.29, 0.717) is 5.69 Å². The second kappa shape index (κ2) is 6.25. The summed E-state index contributed by atoms with van der Waals surface area (Å²) in [5.74, 6) is -1.36. The zero-order valence-corrected chi connectivity index (χ0v) is 13.6. The highest BCUT2D eigenvalue weighted by Crippen LogP contribution is 2.22. The van der Waals surface area contributed by atoms with Gasteiger partial charge in [-0.1, -0.05) is 17.7 Å². The van der Waals surface area contributed by atoms with Crippen LogP contribution >= 0.6 is 0 Å². The van der Waals surface area contributed by atoms with Crippen molar-refractivity contribution in [3.05, 3.63) is 57.5 Å². The van der Waals surface area contributed by atoms with E-state index in [9.17, 15) is 18.0 Å². The number of carbonyl (C=O) groups is 1. The van der Waals surface area contributed by atoms with Crippen LogP contribution in [0.5, 0.6) is 5.75 Å². The van der Waals surface area contributed by atoms with Crippen molar-refractivity contribution in [1.82, 2.24) is 4.98 Å². The van der Waals surface area contributed by atoms with Gasteiger partial charge in [-0.2, -0.15) is 8.42 Å². The van der Waals surface area contributed by atoms with Gasteiger partial charge in [0.05, 0.1) is 7.11 Å². The van der Waals surface area contributed by atoms with Gasteiger partial charge >= 0.3 is 16.1 Å². The number of pyridine rings is 1. The van der Waals surface area contributed by atoms with Gasteiger partial charge in [-0.3, -0.25) is 4.79 Å². The van der Waals surface area contributed by atoms with E-state index in [2.05, 4.69) is 9.72 Å². The highest BCUT2D eigenvalue weighted by Gasteiger charge is 2.24. The third-order valence-electron chi connectivity index (χ3n) is 3.03. The van der Waals surface area contributed by atoms with Crippen LogP contribution in [0.1, 0.15) is 21.6 Å². The third kappa shape index (κ3) is 3.59. The Kier molecular flexibility index (Phi) is 4.55. The number of H-pyrrole nitrogens is 1. The van der Waals surface area contributed by atoms with Gasteiger partial charge in [-0.25, -0.2) is 4.79 Å². The van der Waals surface area contributed by atoms with Gasteiger partial charge in [-0.15, -0.1) is 0 Å². The molecule has 1 heterocycles. The lowest BCUT2D eigenvalue weighted by Gasteiger charge is -2.10. The van der Waals surface area contributed by atoms with Crippen molar-refractivity contribution in [3.63, 3.8) is 0 Å². The number of carbonyl (C=O) groups excluding carboxylic acids is 1. The number of nitrogens with one attached hydrogen (secondary N) is 1. The van der Waals surface area contributed by atoms with Gasteiger partial charge in [0.2, 0.25) is 0 Å². The number of ether oxygens (including phenoxy) is 1. The lowest BCUT2D eigenvalue weighted by Crippen LogP contribution is -2.23. The molecule has 0 saturated heterocycles. The zero-order chi connectivity index (χ0) is 17.2. The standard InChI is InChI=1S/C15H15NO6S/c1-9-4-6-11(7-5-9)23(19,20)22-12-8-10(2)16-14(17)13(12)15(18)21-3/h4-8H,1-3H3,(H,16,17). The van der Waals surface area contributed by atoms with E-state index in [0.717, 1.165) is 12.7 Å². The molecule has 8 heteroatoms. The Balaban J connectivity index is 2.53. The molecule has 0 saturated carbocycles. The van der Waals surface area contributed by atoms with E-state index in [-0.39, 0.29) is 10.6 Å². The van der Waals surface area contributed by atoms with Crippen LogP contribution in [0.4, 0.5) is 0 Å². The lowest BCUT2D eigenvalue weighted by molar-refractivity contribution is 0.0596. The average molecular weight is 337 g/mol. The molecule has 0 atom stereocenters. The van der Waals surface area contributed by atoms with Crippen molar-refractivity contribution in [2.75, 3.05) is 7.11 Å². The largest absolute Gasteiger partial charge is 0.465 e. The summed E-state index contributed by atoms with van der Waals surface area (Å²) in [6, 6.07) is 7.23. The molecule has 0 amide bonds. The first-order valence-electron chi connectivity index (χ1n) is 6.58. The molecule has 0 unspecified atom stereocenters. The summed E-state index contributed by atoms with van der Waals surface area (Å²) in [5.41, 5.74) is -0.0669. The summed E-state index contributed by atoms with van der Waals surface area (Å²) in [4.78, 5) is 25.9. The number of esters is 1. The highest BCUT2D eigenvalue weighted by atomic mass is 32.2. The number of aromatic nitrogens is 1. The molecule has 122 valence electrons. The highest BCUT2D eigenvalue weighted by molar-refractivity contribution is 7.87. The van der Waals surface area contributed by atoms with Crippen molar-refractivity contribution < 1.29 is 22.1 Å². The quantitative estimate of drug-likeness (QED) is 0.671. The summed E-state index contributed by atoms with van der Waals surface area (Å²) in [6.45, 7) is 3.35. The molecule has 0 aliphatic heterocycles. The molecular formula is C15H15NO6S. The Labute approximate surface area is 133 Å². The Morgan fingerprint density at radius 3 is 2.30 bits per heavy atom. The predicted molar refractivity (Wildman–Crippen MR) is 82.1 cm³/mol. The number of hydrogen-bond donors (Lipinski definition) is 1. The number of benzene rings is 1. The molecular weight excluding hydrogens is 322 g/mol. The number of rotatable bonds is 4. The Morgan fingerprint density at radius 2 is 1.74 bits per heavy atom. The van der Waals surface area contributed by atoms with Gasteiger partial charge in [0.1, 0.15) is 4.90 Å². The lowest BCUT2D eigenvalue weighted by atomic mass is 10.2. The Morgan fingerprint density at radius 1 is 1.13 bits per heavy atom. The van der Waals surface area contributed by atoms with Gasteiger partial charge < -0.3 is 13.9 Å². The molecule has 0 fully saturated rings. The molecule has 0 aliphatic carbocycles. The minimum absolute atomic E-state index is 0.0862. The molecule has 0 radical (unpaired) electrons.